The van der Waals surface area contributed by atoms with Crippen molar-refractivity contribution in [2.75, 3.05) is 33.0 Å². The largest absolute Gasteiger partial charge is 0.463 e. The molecule has 1 unspecified atom stereocenters. The van der Waals surface area contributed by atoms with Gasteiger partial charge in [0.05, 0.1) is 19.8 Å². The summed E-state index contributed by atoms with van der Waals surface area (Å²) in [5, 5.41) is 2.94. The summed E-state index contributed by atoms with van der Waals surface area (Å²) >= 11 is 0. The van der Waals surface area contributed by atoms with E-state index in [1.54, 1.807) is 0 Å². The Balaban J connectivity index is 2.11. The van der Waals surface area contributed by atoms with Crippen LogP contribution in [0.1, 0.15) is 19.8 Å². The molecule has 1 aliphatic rings. The lowest BCUT2D eigenvalue weighted by atomic mass is 10.3. The molecule has 1 aliphatic heterocycles. The number of carbonyl (C=O) groups excluding carboxylic acids is 2. The smallest absolute Gasteiger partial charge is 0.344 e. The highest BCUT2D eigenvalue weighted by Crippen LogP contribution is 1.97. The molecule has 0 saturated carbocycles. The number of ether oxygens (including phenoxy) is 3. The van der Waals surface area contributed by atoms with Gasteiger partial charge in [-0.2, -0.15) is 0 Å². The summed E-state index contributed by atoms with van der Waals surface area (Å²) in [5.74, 6) is -0.985. The molecule has 0 aromatic rings. The second-order valence-electron chi connectivity index (χ2n) is 3.76. The fourth-order valence-electron chi connectivity index (χ4n) is 1.32. The van der Waals surface area contributed by atoms with Gasteiger partial charge < -0.3 is 19.5 Å². The first-order valence-electron chi connectivity index (χ1n) is 5.87. The van der Waals surface area contributed by atoms with Gasteiger partial charge in [-0.3, -0.25) is 4.79 Å². The number of morpholine rings is 1. The number of rotatable bonds is 6. The molecule has 6 nitrogen and oxygen atoms in total. The molecule has 98 valence electrons. The Hall–Kier alpha value is -1.14. The van der Waals surface area contributed by atoms with E-state index in [1.807, 2.05) is 6.92 Å². The zero-order valence-corrected chi connectivity index (χ0v) is 10.1. The van der Waals surface area contributed by atoms with Crippen molar-refractivity contribution in [2.24, 2.45) is 0 Å². The van der Waals surface area contributed by atoms with Crippen LogP contribution in [0.4, 0.5) is 0 Å². The lowest BCUT2D eigenvalue weighted by Gasteiger charge is -2.21. The van der Waals surface area contributed by atoms with Gasteiger partial charge in [-0.1, -0.05) is 13.3 Å². The number of nitrogens with one attached hydrogen (secondary N) is 1. The second-order valence-corrected chi connectivity index (χ2v) is 3.76. The Morgan fingerprint density at radius 3 is 2.88 bits per heavy atom. The molecule has 0 radical (unpaired) electrons. The molecule has 1 N–H and O–H groups in total. The van der Waals surface area contributed by atoms with Crippen molar-refractivity contribution < 1.29 is 23.8 Å². The average molecular weight is 245 g/mol. The fourth-order valence-corrected chi connectivity index (χ4v) is 1.32. The normalized spacial score (nSPS) is 19.7. The van der Waals surface area contributed by atoms with E-state index in [-0.39, 0.29) is 13.2 Å². The summed E-state index contributed by atoms with van der Waals surface area (Å²) in [4.78, 5) is 22.6. The van der Waals surface area contributed by atoms with E-state index in [9.17, 15) is 9.59 Å². The molecule has 1 atom stereocenters. The van der Waals surface area contributed by atoms with E-state index < -0.39 is 18.0 Å². The van der Waals surface area contributed by atoms with Crippen molar-refractivity contribution in [3.63, 3.8) is 0 Å². The van der Waals surface area contributed by atoms with Crippen molar-refractivity contribution in [2.45, 2.75) is 25.8 Å². The van der Waals surface area contributed by atoms with Crippen molar-refractivity contribution >= 4 is 11.9 Å². The number of hydrogen-bond donors (Lipinski definition) is 1. The third-order valence-electron chi connectivity index (χ3n) is 2.30. The lowest BCUT2D eigenvalue weighted by molar-refractivity contribution is -0.161. The maximum atomic E-state index is 11.5. The highest BCUT2D eigenvalue weighted by Gasteiger charge is 2.23. The van der Waals surface area contributed by atoms with E-state index >= 15 is 0 Å². The second kappa shape index (κ2) is 8.03. The predicted octanol–water partition coefficient (Wildman–Crippen LogP) is -0.139. The average Bonchev–Trinajstić information content (AvgIpc) is 2.37. The zero-order valence-electron chi connectivity index (χ0n) is 10.1. The standard InChI is InChI=1S/C11H19NO5/c1-2-3-5-16-10(13)8-17-11(14)9-7-15-6-4-12-9/h9,12H,2-8H2,1H3. The molecule has 0 spiro atoms. The maximum absolute atomic E-state index is 11.5. The molecule has 1 saturated heterocycles. The van der Waals surface area contributed by atoms with E-state index in [0.29, 0.717) is 19.8 Å². The summed E-state index contributed by atoms with van der Waals surface area (Å²) in [6.45, 7) is 3.52. The first-order chi connectivity index (χ1) is 8.24. The molecular formula is C11H19NO5. The van der Waals surface area contributed by atoms with Gasteiger partial charge in [0.15, 0.2) is 6.61 Å². The van der Waals surface area contributed by atoms with Crippen molar-refractivity contribution in [3.8, 4) is 0 Å². The Kier molecular flexibility index (Phi) is 6.57. The van der Waals surface area contributed by atoms with Gasteiger partial charge in [-0.05, 0) is 6.42 Å². The quantitative estimate of drug-likeness (QED) is 0.518. The zero-order chi connectivity index (χ0) is 12.5. The molecule has 1 rings (SSSR count). The Morgan fingerprint density at radius 1 is 1.41 bits per heavy atom. The molecule has 0 bridgehead atoms. The molecule has 17 heavy (non-hydrogen) atoms. The van der Waals surface area contributed by atoms with Crippen LogP contribution in [-0.2, 0) is 23.8 Å². The first-order valence-corrected chi connectivity index (χ1v) is 5.87. The third-order valence-corrected chi connectivity index (χ3v) is 2.30. The summed E-state index contributed by atoms with van der Waals surface area (Å²) < 4.78 is 14.8. The Labute approximate surface area is 101 Å². The van der Waals surface area contributed by atoms with Crippen LogP contribution in [0.5, 0.6) is 0 Å². The highest BCUT2D eigenvalue weighted by atomic mass is 16.6. The molecule has 1 fully saturated rings. The van der Waals surface area contributed by atoms with Gasteiger partial charge in [0.1, 0.15) is 6.04 Å². The topological polar surface area (TPSA) is 73.9 Å². The van der Waals surface area contributed by atoms with Gasteiger partial charge in [0.25, 0.3) is 0 Å². The van der Waals surface area contributed by atoms with Gasteiger partial charge in [-0.25, -0.2) is 4.79 Å². The predicted molar refractivity (Wildman–Crippen MR) is 59.4 cm³/mol. The molecule has 6 heteroatoms. The van der Waals surface area contributed by atoms with E-state index in [2.05, 4.69) is 5.32 Å². The monoisotopic (exact) mass is 245 g/mol. The van der Waals surface area contributed by atoms with Crippen LogP contribution in [0.25, 0.3) is 0 Å². The number of esters is 2. The van der Waals surface area contributed by atoms with E-state index in [1.165, 1.54) is 0 Å². The summed E-state index contributed by atoms with van der Waals surface area (Å²) in [5.41, 5.74) is 0. The van der Waals surface area contributed by atoms with E-state index in [0.717, 1.165) is 12.8 Å². The minimum Gasteiger partial charge on any atom is -0.463 e. The van der Waals surface area contributed by atoms with Crippen LogP contribution in [0.2, 0.25) is 0 Å². The molecule has 0 amide bonds. The van der Waals surface area contributed by atoms with Crippen LogP contribution in [0, 0.1) is 0 Å². The van der Waals surface area contributed by atoms with Crippen LogP contribution < -0.4 is 5.32 Å². The summed E-state index contributed by atoms with van der Waals surface area (Å²) in [6.07, 6.45) is 1.77. The number of hydrogen-bond acceptors (Lipinski definition) is 6. The minimum absolute atomic E-state index is 0.281. The van der Waals surface area contributed by atoms with Gasteiger partial charge in [0.2, 0.25) is 0 Å². The molecular weight excluding hydrogens is 226 g/mol. The summed E-state index contributed by atoms with van der Waals surface area (Å²) in [6, 6.07) is -0.479. The van der Waals surface area contributed by atoms with E-state index in [4.69, 9.17) is 14.2 Å². The van der Waals surface area contributed by atoms with Gasteiger partial charge in [-0.15, -0.1) is 0 Å². The number of unbranched alkanes of at least 4 members (excludes halogenated alkanes) is 1. The van der Waals surface area contributed by atoms with Crippen molar-refractivity contribution in [1.29, 1.82) is 0 Å². The fraction of sp³-hybridized carbons (Fsp3) is 0.818. The highest BCUT2D eigenvalue weighted by molar-refractivity contribution is 5.79. The van der Waals surface area contributed by atoms with Crippen molar-refractivity contribution in [1.82, 2.24) is 5.32 Å². The number of carbonyl (C=O) groups is 2. The van der Waals surface area contributed by atoms with Crippen LogP contribution in [0.15, 0.2) is 0 Å². The van der Waals surface area contributed by atoms with Gasteiger partial charge >= 0.3 is 11.9 Å². The van der Waals surface area contributed by atoms with Gasteiger partial charge in [0, 0.05) is 6.54 Å². The third kappa shape index (κ3) is 5.65. The first kappa shape index (κ1) is 13.9. The molecule has 0 aromatic carbocycles. The Bertz CT molecular complexity index is 250. The van der Waals surface area contributed by atoms with Crippen LogP contribution in [0.3, 0.4) is 0 Å². The molecule has 0 aliphatic carbocycles. The molecule has 1 heterocycles. The molecule has 0 aromatic heterocycles. The van der Waals surface area contributed by atoms with Crippen LogP contribution >= 0.6 is 0 Å². The lowest BCUT2D eigenvalue weighted by Crippen LogP contribution is -2.47. The minimum atomic E-state index is -0.511. The maximum Gasteiger partial charge on any atom is 0.344 e. The van der Waals surface area contributed by atoms with Crippen molar-refractivity contribution in [3.05, 3.63) is 0 Å². The Morgan fingerprint density at radius 2 is 2.24 bits per heavy atom. The SMILES string of the molecule is CCCCOC(=O)COC(=O)C1COCCN1. The van der Waals surface area contributed by atoms with Crippen LogP contribution in [-0.4, -0.2) is 51.0 Å². The summed E-state index contributed by atoms with van der Waals surface area (Å²) in [7, 11) is 0.